The van der Waals surface area contributed by atoms with Gasteiger partial charge in [-0.15, -0.1) is 0 Å². The lowest BCUT2D eigenvalue weighted by atomic mass is 9.81. The molecule has 264 valence electrons. The number of hydrogen-bond donors (Lipinski definition) is 0. The number of hydrogen-bond acceptors (Lipinski definition) is 4. The van der Waals surface area contributed by atoms with Crippen LogP contribution in [0, 0.1) is 0 Å². The molecular weight excluding hydrogens is 683 g/mol. The van der Waals surface area contributed by atoms with Gasteiger partial charge in [-0.3, -0.25) is 0 Å². The molecule has 2 aromatic heterocycles. The molecule has 0 saturated heterocycles. The molecular formula is C52H35N3O. The highest BCUT2D eigenvalue weighted by atomic mass is 16.3. The molecule has 0 unspecified atom stereocenters. The van der Waals surface area contributed by atoms with Crippen molar-refractivity contribution in [2.45, 2.75) is 19.3 Å². The molecule has 1 aliphatic carbocycles. The summed E-state index contributed by atoms with van der Waals surface area (Å²) in [5.41, 5.74) is 14.3. The van der Waals surface area contributed by atoms with E-state index >= 15 is 0 Å². The second kappa shape index (κ2) is 12.4. The second-order valence-corrected chi connectivity index (χ2v) is 15.1. The molecule has 11 rings (SSSR count). The van der Waals surface area contributed by atoms with Gasteiger partial charge in [0.25, 0.3) is 0 Å². The van der Waals surface area contributed by atoms with E-state index in [-0.39, 0.29) is 5.41 Å². The van der Waals surface area contributed by atoms with E-state index in [0.717, 1.165) is 71.7 Å². The van der Waals surface area contributed by atoms with Crippen molar-refractivity contribution in [3.05, 3.63) is 187 Å². The normalized spacial score (nSPS) is 13.0. The first-order chi connectivity index (χ1) is 27.5. The average Bonchev–Trinajstić information content (AvgIpc) is 3.76. The standard InChI is InChI=1S/C52H35N3O/c1-52(2)44-23-13-11-21-39(44)40-26-25-34(31-45(40)52)35-27-29-41(47-43-22-12-14-24-46(43)56-48(35)47)38-28-30-42(37-20-10-9-19-36(37)38)51-54-49(32-15-5-3-6-16-32)53-50(55-51)33-17-7-4-8-18-33/h3-31H,1-2H3. The van der Waals surface area contributed by atoms with E-state index in [1.807, 2.05) is 66.7 Å². The molecule has 56 heavy (non-hydrogen) atoms. The molecule has 0 bridgehead atoms. The first kappa shape index (κ1) is 32.3. The lowest BCUT2D eigenvalue weighted by Crippen LogP contribution is -2.14. The summed E-state index contributed by atoms with van der Waals surface area (Å²) in [5.74, 6) is 1.92. The maximum absolute atomic E-state index is 6.82. The van der Waals surface area contributed by atoms with Crippen molar-refractivity contribution >= 4 is 32.7 Å². The number of aromatic nitrogens is 3. The van der Waals surface area contributed by atoms with Gasteiger partial charge in [0.1, 0.15) is 11.2 Å². The zero-order valence-corrected chi connectivity index (χ0v) is 31.0. The molecule has 4 nitrogen and oxygen atoms in total. The van der Waals surface area contributed by atoms with Crippen LogP contribution >= 0.6 is 0 Å². The monoisotopic (exact) mass is 717 g/mol. The maximum atomic E-state index is 6.82. The van der Waals surface area contributed by atoms with E-state index in [2.05, 4.69) is 123 Å². The summed E-state index contributed by atoms with van der Waals surface area (Å²) in [6.07, 6.45) is 0. The molecule has 0 fully saturated rings. The highest BCUT2D eigenvalue weighted by molar-refractivity contribution is 6.19. The summed E-state index contributed by atoms with van der Waals surface area (Å²) in [6.45, 7) is 4.66. The zero-order chi connectivity index (χ0) is 37.4. The van der Waals surface area contributed by atoms with Crippen LogP contribution in [0.3, 0.4) is 0 Å². The summed E-state index contributed by atoms with van der Waals surface area (Å²) in [5, 5.41) is 4.39. The van der Waals surface area contributed by atoms with Crippen LogP contribution in [0.1, 0.15) is 25.0 Å². The van der Waals surface area contributed by atoms with Gasteiger partial charge in [0.05, 0.1) is 0 Å². The Balaban J connectivity index is 1.11. The summed E-state index contributed by atoms with van der Waals surface area (Å²) in [6, 6.07) is 61.8. The SMILES string of the molecule is CC1(C)c2ccccc2-c2ccc(-c3ccc(-c4ccc(-c5nc(-c6ccccc6)nc(-c6ccccc6)n5)c5ccccc45)c4c3oc3ccccc34)cc21. The third-order valence-corrected chi connectivity index (χ3v) is 11.6. The van der Waals surface area contributed by atoms with Gasteiger partial charge in [-0.25, -0.2) is 15.0 Å². The second-order valence-electron chi connectivity index (χ2n) is 15.1. The highest BCUT2D eigenvalue weighted by Gasteiger charge is 2.35. The topological polar surface area (TPSA) is 51.8 Å². The van der Waals surface area contributed by atoms with E-state index in [1.54, 1.807) is 0 Å². The van der Waals surface area contributed by atoms with Crippen molar-refractivity contribution in [2.24, 2.45) is 0 Å². The van der Waals surface area contributed by atoms with Crippen LogP contribution in [-0.2, 0) is 5.41 Å². The number of fused-ring (bicyclic) bond motifs is 7. The van der Waals surface area contributed by atoms with E-state index in [9.17, 15) is 0 Å². The first-order valence-corrected chi connectivity index (χ1v) is 19.1. The molecule has 0 amide bonds. The summed E-state index contributed by atoms with van der Waals surface area (Å²) < 4.78 is 6.82. The summed E-state index contributed by atoms with van der Waals surface area (Å²) in [7, 11) is 0. The first-order valence-electron chi connectivity index (χ1n) is 19.1. The largest absolute Gasteiger partial charge is 0.455 e. The molecule has 0 atom stereocenters. The van der Waals surface area contributed by atoms with Crippen LogP contribution in [0.2, 0.25) is 0 Å². The Hall–Kier alpha value is -7.17. The fourth-order valence-corrected chi connectivity index (χ4v) is 8.81. The van der Waals surface area contributed by atoms with Crippen molar-refractivity contribution in [2.75, 3.05) is 0 Å². The Morgan fingerprint density at radius 2 is 0.893 bits per heavy atom. The molecule has 0 N–H and O–H groups in total. The number of nitrogens with zero attached hydrogens (tertiary/aromatic N) is 3. The summed E-state index contributed by atoms with van der Waals surface area (Å²) >= 11 is 0. The molecule has 0 radical (unpaired) electrons. The fourth-order valence-electron chi connectivity index (χ4n) is 8.81. The van der Waals surface area contributed by atoms with E-state index < -0.39 is 0 Å². The molecule has 4 heteroatoms. The van der Waals surface area contributed by atoms with Crippen molar-refractivity contribution in [1.29, 1.82) is 0 Å². The third-order valence-electron chi connectivity index (χ3n) is 11.6. The summed E-state index contributed by atoms with van der Waals surface area (Å²) in [4.78, 5) is 15.1. The van der Waals surface area contributed by atoms with E-state index in [0.29, 0.717) is 17.5 Å². The minimum absolute atomic E-state index is 0.0994. The molecule has 0 aliphatic heterocycles. The number of benzene rings is 8. The Morgan fingerprint density at radius 3 is 1.62 bits per heavy atom. The minimum atomic E-state index is -0.0994. The van der Waals surface area contributed by atoms with Crippen LogP contribution in [0.25, 0.3) is 100 Å². The molecule has 1 aliphatic rings. The lowest BCUT2D eigenvalue weighted by Gasteiger charge is -2.22. The molecule has 8 aromatic carbocycles. The van der Waals surface area contributed by atoms with Gasteiger partial charge in [0, 0.05) is 38.4 Å². The van der Waals surface area contributed by atoms with Gasteiger partial charge in [-0.05, 0) is 74.0 Å². The van der Waals surface area contributed by atoms with Gasteiger partial charge >= 0.3 is 0 Å². The van der Waals surface area contributed by atoms with Gasteiger partial charge < -0.3 is 4.42 Å². The molecule has 0 saturated carbocycles. The Morgan fingerprint density at radius 1 is 0.375 bits per heavy atom. The average molecular weight is 718 g/mol. The van der Waals surface area contributed by atoms with Crippen LogP contribution in [-0.4, -0.2) is 15.0 Å². The van der Waals surface area contributed by atoms with Gasteiger partial charge in [0.15, 0.2) is 17.5 Å². The Labute approximate surface area is 324 Å². The molecule has 0 spiro atoms. The van der Waals surface area contributed by atoms with Crippen LogP contribution < -0.4 is 0 Å². The minimum Gasteiger partial charge on any atom is -0.455 e. The van der Waals surface area contributed by atoms with Crippen LogP contribution in [0.5, 0.6) is 0 Å². The molecule has 10 aromatic rings. The van der Waals surface area contributed by atoms with E-state index in [1.165, 1.54) is 22.3 Å². The fraction of sp³-hybridized carbons (Fsp3) is 0.0577. The van der Waals surface area contributed by atoms with Gasteiger partial charge in [-0.2, -0.15) is 0 Å². The van der Waals surface area contributed by atoms with E-state index in [4.69, 9.17) is 19.4 Å². The lowest BCUT2D eigenvalue weighted by molar-refractivity contribution is 0.660. The maximum Gasteiger partial charge on any atom is 0.164 e. The quantitative estimate of drug-likeness (QED) is 0.178. The van der Waals surface area contributed by atoms with Crippen molar-refractivity contribution in [3.63, 3.8) is 0 Å². The zero-order valence-electron chi connectivity index (χ0n) is 31.0. The Kier molecular flexibility index (Phi) is 7.17. The highest BCUT2D eigenvalue weighted by Crippen LogP contribution is 2.51. The predicted octanol–water partition coefficient (Wildman–Crippen LogP) is 13.6. The Bertz CT molecular complexity index is 3100. The van der Waals surface area contributed by atoms with Gasteiger partial charge in [0.2, 0.25) is 0 Å². The van der Waals surface area contributed by atoms with Gasteiger partial charge in [-0.1, -0.05) is 166 Å². The number of furan rings is 1. The molecule has 2 heterocycles. The number of rotatable bonds is 5. The smallest absolute Gasteiger partial charge is 0.164 e. The van der Waals surface area contributed by atoms with Crippen molar-refractivity contribution in [3.8, 4) is 67.5 Å². The van der Waals surface area contributed by atoms with Crippen LogP contribution in [0.15, 0.2) is 180 Å². The van der Waals surface area contributed by atoms with Crippen LogP contribution in [0.4, 0.5) is 0 Å². The number of para-hydroxylation sites is 1. The third kappa shape index (κ3) is 4.96. The predicted molar refractivity (Wildman–Crippen MR) is 229 cm³/mol. The van der Waals surface area contributed by atoms with Crippen molar-refractivity contribution < 1.29 is 4.42 Å². The van der Waals surface area contributed by atoms with Crippen molar-refractivity contribution in [1.82, 2.24) is 15.0 Å².